The molecule has 0 radical (unpaired) electrons. The second kappa shape index (κ2) is 6.88. The van der Waals surface area contributed by atoms with Crippen molar-refractivity contribution in [3.05, 3.63) is 18.0 Å². The van der Waals surface area contributed by atoms with Gasteiger partial charge in [0.05, 0.1) is 0 Å². The Morgan fingerprint density at radius 2 is 2.10 bits per heavy atom. The quantitative estimate of drug-likeness (QED) is 0.834. The minimum absolute atomic E-state index is 0.0979. The molecular weight excluding hydrogens is 252 g/mol. The summed E-state index contributed by atoms with van der Waals surface area (Å²) in [5.74, 6) is -0.0979. The normalized spacial score (nSPS) is 12.2. The van der Waals surface area contributed by atoms with Crippen LogP contribution < -0.4 is 5.32 Å². The van der Waals surface area contributed by atoms with Gasteiger partial charge in [0.15, 0.2) is 0 Å². The van der Waals surface area contributed by atoms with Crippen LogP contribution in [0.5, 0.6) is 0 Å². The fourth-order valence-electron chi connectivity index (χ4n) is 2.02. The first-order chi connectivity index (χ1) is 9.21. The summed E-state index contributed by atoms with van der Waals surface area (Å²) in [5.41, 5.74) is 0.272. The Morgan fingerprint density at radius 1 is 1.45 bits per heavy atom. The van der Waals surface area contributed by atoms with E-state index in [1.807, 2.05) is 20.0 Å². The summed E-state index contributed by atoms with van der Waals surface area (Å²) >= 11 is 0. The monoisotopic (exact) mass is 280 g/mol. The van der Waals surface area contributed by atoms with E-state index in [2.05, 4.69) is 43.3 Å². The van der Waals surface area contributed by atoms with Gasteiger partial charge in [0.1, 0.15) is 5.69 Å². The lowest BCUT2D eigenvalue weighted by atomic mass is 9.98. The largest absolute Gasteiger partial charge is 0.346 e. The highest BCUT2D eigenvalue weighted by Crippen LogP contribution is 2.13. The molecule has 0 aromatic carbocycles. The van der Waals surface area contributed by atoms with Gasteiger partial charge in [-0.1, -0.05) is 0 Å². The molecule has 20 heavy (non-hydrogen) atoms. The Hall–Kier alpha value is -1.36. The number of aromatic nitrogens is 2. The summed E-state index contributed by atoms with van der Waals surface area (Å²) in [7, 11) is 4.12. The number of carbonyl (C=O) groups is 1. The number of hydrogen-bond donors (Lipinski definition) is 1. The van der Waals surface area contributed by atoms with Crippen molar-refractivity contribution in [3.8, 4) is 0 Å². The fourth-order valence-corrected chi connectivity index (χ4v) is 2.02. The van der Waals surface area contributed by atoms with Crippen molar-refractivity contribution >= 4 is 5.91 Å². The second-order valence-corrected chi connectivity index (χ2v) is 6.52. The molecule has 0 atom stereocenters. The van der Waals surface area contributed by atoms with Gasteiger partial charge in [-0.2, -0.15) is 5.10 Å². The van der Waals surface area contributed by atoms with E-state index >= 15 is 0 Å². The summed E-state index contributed by atoms with van der Waals surface area (Å²) in [6, 6.07) is 2.04. The predicted octanol–water partition coefficient (Wildman–Crippen LogP) is 2.31. The van der Waals surface area contributed by atoms with Crippen molar-refractivity contribution in [2.45, 2.75) is 52.1 Å². The summed E-state index contributed by atoms with van der Waals surface area (Å²) in [5, 5.41) is 7.36. The average molecular weight is 280 g/mol. The molecule has 0 aliphatic heterocycles. The molecule has 0 aliphatic rings. The molecule has 0 aliphatic carbocycles. The highest BCUT2D eigenvalue weighted by molar-refractivity contribution is 5.92. The van der Waals surface area contributed by atoms with E-state index in [0.29, 0.717) is 5.69 Å². The van der Waals surface area contributed by atoms with E-state index < -0.39 is 0 Å². The van der Waals surface area contributed by atoms with Crippen LogP contribution in [0, 0.1) is 0 Å². The molecule has 1 amide bonds. The van der Waals surface area contributed by atoms with E-state index in [9.17, 15) is 4.79 Å². The summed E-state index contributed by atoms with van der Waals surface area (Å²) in [4.78, 5) is 14.4. The van der Waals surface area contributed by atoms with Crippen LogP contribution in [0.4, 0.5) is 0 Å². The topological polar surface area (TPSA) is 50.2 Å². The third-order valence-corrected chi connectivity index (χ3v) is 3.23. The summed E-state index contributed by atoms with van der Waals surface area (Å²) in [6.07, 6.45) is 3.85. The Bertz CT molecular complexity index is 435. The minimum Gasteiger partial charge on any atom is -0.346 e. The lowest BCUT2D eigenvalue weighted by Crippen LogP contribution is -2.44. The van der Waals surface area contributed by atoms with Crippen molar-refractivity contribution < 1.29 is 4.79 Å². The first-order valence-electron chi connectivity index (χ1n) is 7.24. The molecule has 0 fully saturated rings. The standard InChI is InChI=1S/C15H28N4O/c1-12(2)19-11-8-13(17-19)14(20)16-15(3,4)9-7-10-18(5)6/h8,11-12H,7,9-10H2,1-6H3,(H,16,20). The molecule has 0 bridgehead atoms. The number of rotatable bonds is 7. The minimum atomic E-state index is -0.214. The Kier molecular flexibility index (Phi) is 5.74. The first kappa shape index (κ1) is 16.7. The molecule has 5 heteroatoms. The molecule has 1 aromatic heterocycles. The van der Waals surface area contributed by atoms with Crippen LogP contribution >= 0.6 is 0 Å². The van der Waals surface area contributed by atoms with Crippen LogP contribution in [0.15, 0.2) is 12.3 Å². The van der Waals surface area contributed by atoms with Crippen molar-refractivity contribution in [2.75, 3.05) is 20.6 Å². The van der Waals surface area contributed by atoms with Gasteiger partial charge in [-0.25, -0.2) is 0 Å². The lowest BCUT2D eigenvalue weighted by Gasteiger charge is -2.26. The van der Waals surface area contributed by atoms with Crippen molar-refractivity contribution in [1.82, 2.24) is 20.0 Å². The molecule has 0 spiro atoms. The number of amides is 1. The maximum absolute atomic E-state index is 12.2. The third-order valence-electron chi connectivity index (χ3n) is 3.23. The molecule has 1 rings (SSSR count). The highest BCUT2D eigenvalue weighted by atomic mass is 16.2. The molecule has 1 heterocycles. The van der Waals surface area contributed by atoms with Gasteiger partial charge in [-0.15, -0.1) is 0 Å². The van der Waals surface area contributed by atoms with Crippen LogP contribution in [-0.4, -0.2) is 46.8 Å². The summed E-state index contributed by atoms with van der Waals surface area (Å²) in [6.45, 7) is 9.22. The van der Waals surface area contributed by atoms with Crippen LogP contribution in [0.1, 0.15) is 57.1 Å². The van der Waals surface area contributed by atoms with Gasteiger partial charge in [-0.05, 0) is 67.2 Å². The molecule has 1 N–H and O–H groups in total. The molecule has 114 valence electrons. The SMILES string of the molecule is CC(C)n1ccc(C(=O)NC(C)(C)CCCN(C)C)n1. The van der Waals surface area contributed by atoms with E-state index in [1.165, 1.54) is 0 Å². The van der Waals surface area contributed by atoms with Crippen LogP contribution in [0.2, 0.25) is 0 Å². The molecule has 0 saturated carbocycles. The third kappa shape index (κ3) is 5.33. The molecular formula is C15H28N4O. The zero-order valence-electron chi connectivity index (χ0n) is 13.6. The van der Waals surface area contributed by atoms with Crippen LogP contribution in [-0.2, 0) is 0 Å². The molecule has 5 nitrogen and oxygen atoms in total. The summed E-state index contributed by atoms with van der Waals surface area (Å²) < 4.78 is 1.80. The van der Waals surface area contributed by atoms with E-state index in [1.54, 1.807) is 10.7 Å². The van der Waals surface area contributed by atoms with E-state index in [-0.39, 0.29) is 17.5 Å². The lowest BCUT2D eigenvalue weighted by molar-refractivity contribution is 0.0901. The maximum Gasteiger partial charge on any atom is 0.272 e. The highest BCUT2D eigenvalue weighted by Gasteiger charge is 2.22. The number of nitrogens with one attached hydrogen (secondary N) is 1. The zero-order chi connectivity index (χ0) is 15.3. The van der Waals surface area contributed by atoms with Gasteiger partial charge in [0.2, 0.25) is 0 Å². The Balaban J connectivity index is 2.54. The fraction of sp³-hybridized carbons (Fsp3) is 0.733. The Morgan fingerprint density at radius 3 is 2.60 bits per heavy atom. The Labute approximate surface area is 122 Å². The van der Waals surface area contributed by atoms with Crippen molar-refractivity contribution in [3.63, 3.8) is 0 Å². The predicted molar refractivity (Wildman–Crippen MR) is 81.9 cm³/mol. The van der Waals surface area contributed by atoms with Crippen molar-refractivity contribution in [2.24, 2.45) is 0 Å². The molecule has 0 unspecified atom stereocenters. The van der Waals surface area contributed by atoms with Crippen molar-refractivity contribution in [1.29, 1.82) is 0 Å². The molecule has 1 aromatic rings. The maximum atomic E-state index is 12.2. The van der Waals surface area contributed by atoms with Gasteiger partial charge < -0.3 is 10.2 Å². The number of hydrogen-bond acceptors (Lipinski definition) is 3. The smallest absolute Gasteiger partial charge is 0.272 e. The molecule has 0 saturated heterocycles. The zero-order valence-corrected chi connectivity index (χ0v) is 13.6. The first-order valence-corrected chi connectivity index (χ1v) is 7.24. The van der Waals surface area contributed by atoms with Crippen LogP contribution in [0.25, 0.3) is 0 Å². The number of carbonyl (C=O) groups excluding carboxylic acids is 1. The van der Waals surface area contributed by atoms with E-state index in [0.717, 1.165) is 19.4 Å². The average Bonchev–Trinajstić information content (AvgIpc) is 2.76. The van der Waals surface area contributed by atoms with Gasteiger partial charge in [-0.3, -0.25) is 9.48 Å². The van der Waals surface area contributed by atoms with E-state index in [4.69, 9.17) is 0 Å². The second-order valence-electron chi connectivity index (χ2n) is 6.52. The van der Waals surface area contributed by atoms with Gasteiger partial charge in [0.25, 0.3) is 5.91 Å². The van der Waals surface area contributed by atoms with Gasteiger partial charge in [0, 0.05) is 17.8 Å². The van der Waals surface area contributed by atoms with Crippen LogP contribution in [0.3, 0.4) is 0 Å². The number of nitrogens with zero attached hydrogens (tertiary/aromatic N) is 3. The van der Waals surface area contributed by atoms with Gasteiger partial charge >= 0.3 is 0 Å².